The Balaban J connectivity index is 2.65. The maximum Gasteiger partial charge on any atom is 0.123 e. The maximum atomic E-state index is 13.2. The molecule has 17 heavy (non-hydrogen) atoms. The van der Waals surface area contributed by atoms with Crippen LogP contribution >= 0.6 is 11.6 Å². The van der Waals surface area contributed by atoms with E-state index in [9.17, 15) is 4.39 Å². The monoisotopic (exact) mass is 257 g/mol. The van der Waals surface area contributed by atoms with Crippen molar-refractivity contribution in [3.05, 3.63) is 34.6 Å². The summed E-state index contributed by atoms with van der Waals surface area (Å²) in [6.07, 6.45) is 1.90. The van der Waals surface area contributed by atoms with Crippen molar-refractivity contribution in [2.24, 2.45) is 5.41 Å². The van der Waals surface area contributed by atoms with Crippen molar-refractivity contribution in [3.8, 4) is 0 Å². The van der Waals surface area contributed by atoms with Gasteiger partial charge in [-0.15, -0.1) is 0 Å². The Labute approximate surface area is 108 Å². The third-order valence-electron chi connectivity index (χ3n) is 2.71. The average Bonchev–Trinajstić information content (AvgIpc) is 2.23. The summed E-state index contributed by atoms with van der Waals surface area (Å²) in [6.45, 7) is 8.39. The molecule has 0 aliphatic rings. The molecule has 1 N–H and O–H groups in total. The van der Waals surface area contributed by atoms with E-state index in [4.69, 9.17) is 11.6 Å². The van der Waals surface area contributed by atoms with Crippen molar-refractivity contribution < 1.29 is 4.39 Å². The summed E-state index contributed by atoms with van der Waals surface area (Å²) >= 11 is 6.08. The Morgan fingerprint density at radius 1 is 1.35 bits per heavy atom. The Morgan fingerprint density at radius 2 is 2.06 bits per heavy atom. The second-order valence-corrected chi connectivity index (χ2v) is 5.66. The Bertz CT molecular complexity index is 363. The first-order valence-electron chi connectivity index (χ1n) is 6.09. The van der Waals surface area contributed by atoms with Gasteiger partial charge in [-0.25, -0.2) is 4.39 Å². The van der Waals surface area contributed by atoms with Crippen LogP contribution in [-0.2, 0) is 6.42 Å². The zero-order valence-corrected chi connectivity index (χ0v) is 11.6. The molecule has 0 amide bonds. The highest BCUT2D eigenvalue weighted by atomic mass is 35.5. The van der Waals surface area contributed by atoms with Gasteiger partial charge in [0, 0.05) is 11.6 Å². The minimum Gasteiger partial charge on any atom is -0.316 e. The van der Waals surface area contributed by atoms with Crippen LogP contribution in [0.4, 0.5) is 4.39 Å². The molecule has 1 nitrogen and oxygen atoms in total. The molecule has 96 valence electrons. The molecule has 0 aromatic heterocycles. The van der Waals surface area contributed by atoms with Gasteiger partial charge in [0.1, 0.15) is 5.82 Å². The minimum absolute atomic E-state index is 0.0760. The maximum absolute atomic E-state index is 13.2. The van der Waals surface area contributed by atoms with Gasteiger partial charge in [0.2, 0.25) is 0 Å². The Hall–Kier alpha value is -0.600. The van der Waals surface area contributed by atoms with Crippen LogP contribution in [0.25, 0.3) is 0 Å². The molecule has 0 heterocycles. The van der Waals surface area contributed by atoms with Crippen LogP contribution in [-0.4, -0.2) is 13.1 Å². The van der Waals surface area contributed by atoms with E-state index in [0.717, 1.165) is 31.5 Å². The molecule has 0 fully saturated rings. The lowest BCUT2D eigenvalue weighted by atomic mass is 9.85. The fourth-order valence-electron chi connectivity index (χ4n) is 1.86. The molecular formula is C14H21ClFN. The molecule has 0 radical (unpaired) electrons. The predicted molar refractivity (Wildman–Crippen MR) is 72.1 cm³/mol. The normalized spacial score (nSPS) is 11.8. The average molecular weight is 258 g/mol. The minimum atomic E-state index is -0.221. The van der Waals surface area contributed by atoms with Crippen molar-refractivity contribution in [3.63, 3.8) is 0 Å². The van der Waals surface area contributed by atoms with E-state index in [1.165, 1.54) is 12.1 Å². The summed E-state index contributed by atoms with van der Waals surface area (Å²) in [5.41, 5.74) is 0.960. The quantitative estimate of drug-likeness (QED) is 0.759. The van der Waals surface area contributed by atoms with Crippen molar-refractivity contribution in [2.45, 2.75) is 33.6 Å². The number of hydrogen-bond donors (Lipinski definition) is 1. The fraction of sp³-hybridized carbons (Fsp3) is 0.571. The molecule has 1 aromatic rings. The number of halogens is 2. The van der Waals surface area contributed by atoms with Crippen molar-refractivity contribution in [1.29, 1.82) is 0 Å². The summed E-state index contributed by atoms with van der Waals surface area (Å²) in [5.74, 6) is -0.221. The van der Waals surface area contributed by atoms with E-state index < -0.39 is 0 Å². The molecule has 0 spiro atoms. The van der Waals surface area contributed by atoms with Crippen LogP contribution in [0.5, 0.6) is 0 Å². The molecule has 1 aromatic carbocycles. The second kappa shape index (κ2) is 6.36. The highest BCUT2D eigenvalue weighted by molar-refractivity contribution is 6.31. The molecule has 0 saturated heterocycles. The lowest BCUT2D eigenvalue weighted by Gasteiger charge is -2.25. The zero-order chi connectivity index (χ0) is 12.9. The summed E-state index contributed by atoms with van der Waals surface area (Å²) in [4.78, 5) is 0. The first-order valence-corrected chi connectivity index (χ1v) is 6.47. The van der Waals surface area contributed by atoms with Gasteiger partial charge in [0.05, 0.1) is 0 Å². The molecule has 0 bridgehead atoms. The van der Waals surface area contributed by atoms with Gasteiger partial charge in [-0.3, -0.25) is 0 Å². The van der Waals surface area contributed by atoms with E-state index in [1.54, 1.807) is 6.07 Å². The smallest absolute Gasteiger partial charge is 0.123 e. The molecule has 0 unspecified atom stereocenters. The Kier molecular flexibility index (Phi) is 5.41. The molecule has 1 rings (SSSR count). The van der Waals surface area contributed by atoms with Gasteiger partial charge in [-0.2, -0.15) is 0 Å². The fourth-order valence-corrected chi connectivity index (χ4v) is 2.04. The van der Waals surface area contributed by atoms with Crippen LogP contribution in [0.15, 0.2) is 18.2 Å². The number of hydrogen-bond acceptors (Lipinski definition) is 1. The van der Waals surface area contributed by atoms with E-state index in [2.05, 4.69) is 26.1 Å². The predicted octanol–water partition coefficient (Wildman–Crippen LogP) is 4.05. The largest absolute Gasteiger partial charge is 0.316 e. The highest BCUT2D eigenvalue weighted by Crippen LogP contribution is 2.26. The zero-order valence-electron chi connectivity index (χ0n) is 10.8. The number of benzene rings is 1. The SMILES string of the molecule is CCCNCC(C)(C)Cc1cc(F)ccc1Cl. The van der Waals surface area contributed by atoms with Gasteiger partial charge >= 0.3 is 0 Å². The number of rotatable bonds is 6. The van der Waals surface area contributed by atoms with Crippen LogP contribution in [0.2, 0.25) is 5.02 Å². The van der Waals surface area contributed by atoms with E-state index in [-0.39, 0.29) is 11.2 Å². The van der Waals surface area contributed by atoms with Crippen molar-refractivity contribution >= 4 is 11.6 Å². The summed E-state index contributed by atoms with van der Waals surface area (Å²) in [7, 11) is 0. The molecular weight excluding hydrogens is 237 g/mol. The first kappa shape index (κ1) is 14.5. The van der Waals surface area contributed by atoms with Crippen LogP contribution in [0, 0.1) is 11.2 Å². The lowest BCUT2D eigenvalue weighted by molar-refractivity contribution is 0.338. The van der Waals surface area contributed by atoms with Gasteiger partial charge in [-0.05, 0) is 48.6 Å². The summed E-state index contributed by atoms with van der Waals surface area (Å²) in [5, 5.41) is 4.04. The lowest BCUT2D eigenvalue weighted by Crippen LogP contribution is -2.31. The van der Waals surface area contributed by atoms with E-state index >= 15 is 0 Å². The van der Waals surface area contributed by atoms with Crippen molar-refractivity contribution in [2.75, 3.05) is 13.1 Å². The summed E-state index contributed by atoms with van der Waals surface area (Å²) in [6, 6.07) is 4.56. The van der Waals surface area contributed by atoms with Gasteiger partial charge < -0.3 is 5.32 Å². The molecule has 3 heteroatoms. The molecule has 0 atom stereocenters. The molecule has 0 aliphatic heterocycles. The van der Waals surface area contributed by atoms with E-state index in [0.29, 0.717) is 5.02 Å². The second-order valence-electron chi connectivity index (χ2n) is 5.25. The van der Waals surface area contributed by atoms with Crippen LogP contribution in [0.3, 0.4) is 0 Å². The van der Waals surface area contributed by atoms with Gasteiger partial charge in [-0.1, -0.05) is 32.4 Å². The highest BCUT2D eigenvalue weighted by Gasteiger charge is 2.19. The third kappa shape index (κ3) is 5.05. The van der Waals surface area contributed by atoms with Crippen LogP contribution in [0.1, 0.15) is 32.8 Å². The standard InChI is InChI=1S/C14H21ClFN/c1-4-7-17-10-14(2,3)9-11-8-12(16)5-6-13(11)15/h5-6,8,17H,4,7,9-10H2,1-3H3. The summed E-state index contributed by atoms with van der Waals surface area (Å²) < 4.78 is 13.2. The third-order valence-corrected chi connectivity index (χ3v) is 3.08. The molecule has 0 saturated carbocycles. The molecule has 0 aliphatic carbocycles. The van der Waals surface area contributed by atoms with Gasteiger partial charge in [0.25, 0.3) is 0 Å². The van der Waals surface area contributed by atoms with E-state index in [1.807, 2.05) is 0 Å². The number of nitrogens with one attached hydrogen (secondary N) is 1. The van der Waals surface area contributed by atoms with Gasteiger partial charge in [0.15, 0.2) is 0 Å². The first-order chi connectivity index (χ1) is 7.94. The van der Waals surface area contributed by atoms with Crippen molar-refractivity contribution in [1.82, 2.24) is 5.32 Å². The topological polar surface area (TPSA) is 12.0 Å². The van der Waals surface area contributed by atoms with Crippen LogP contribution < -0.4 is 5.32 Å². The Morgan fingerprint density at radius 3 is 2.71 bits per heavy atom.